The number of hydrogen-bond donors (Lipinski definition) is 1. The molecular formula is C9H8IN3. The van der Waals surface area contributed by atoms with Crippen molar-refractivity contribution in [3.8, 4) is 0 Å². The fourth-order valence-corrected chi connectivity index (χ4v) is 1.70. The quantitative estimate of drug-likeness (QED) is 0.679. The zero-order valence-corrected chi connectivity index (χ0v) is 9.08. The zero-order chi connectivity index (χ0) is 9.26. The van der Waals surface area contributed by atoms with Crippen molar-refractivity contribution in [1.82, 2.24) is 15.0 Å². The summed E-state index contributed by atoms with van der Waals surface area (Å²) in [6.45, 7) is 3.67. The number of H-pyrrole nitrogens is 1. The summed E-state index contributed by atoms with van der Waals surface area (Å²) in [5.41, 5.74) is 1.80. The average molecular weight is 285 g/mol. The Kier molecular flexibility index (Phi) is 2.30. The van der Waals surface area contributed by atoms with Crippen LogP contribution >= 0.6 is 22.6 Å². The molecule has 0 amide bonds. The summed E-state index contributed by atoms with van der Waals surface area (Å²) in [6.07, 6.45) is 4.35. The summed E-state index contributed by atoms with van der Waals surface area (Å²) in [5.74, 6) is 0.918. The van der Waals surface area contributed by atoms with Crippen molar-refractivity contribution in [3.05, 3.63) is 34.3 Å². The van der Waals surface area contributed by atoms with E-state index in [-0.39, 0.29) is 0 Å². The van der Waals surface area contributed by atoms with Crippen LogP contribution in [0.25, 0.3) is 11.2 Å². The lowest BCUT2D eigenvalue weighted by Crippen LogP contribution is -1.81. The molecule has 0 fully saturated rings. The number of aromatic nitrogens is 3. The van der Waals surface area contributed by atoms with Crippen molar-refractivity contribution in [2.75, 3.05) is 0 Å². The van der Waals surface area contributed by atoms with E-state index in [0.29, 0.717) is 0 Å². The Bertz CT molecular complexity index is 447. The van der Waals surface area contributed by atoms with Crippen molar-refractivity contribution in [3.63, 3.8) is 0 Å². The summed E-state index contributed by atoms with van der Waals surface area (Å²) in [5, 5.41) is 0. The maximum atomic E-state index is 4.32. The van der Waals surface area contributed by atoms with Gasteiger partial charge in [-0.05, 0) is 28.7 Å². The second-order valence-electron chi connectivity index (χ2n) is 2.67. The minimum atomic E-state index is 0.756. The largest absolute Gasteiger partial charge is 0.339 e. The summed E-state index contributed by atoms with van der Waals surface area (Å²) in [7, 11) is 0. The Morgan fingerprint density at radius 1 is 1.62 bits per heavy atom. The fourth-order valence-electron chi connectivity index (χ4n) is 1.16. The molecule has 1 N–H and O–H groups in total. The van der Waals surface area contributed by atoms with Gasteiger partial charge in [0.1, 0.15) is 5.82 Å². The van der Waals surface area contributed by atoms with Crippen molar-refractivity contribution in [2.24, 2.45) is 0 Å². The first-order valence-corrected chi connectivity index (χ1v) is 4.99. The third kappa shape index (κ3) is 1.58. The SMILES string of the molecule is C=CCc1nc2nccc(I)c2[nH]1. The van der Waals surface area contributed by atoms with Gasteiger partial charge in [0.05, 0.1) is 5.52 Å². The molecule has 0 atom stereocenters. The zero-order valence-electron chi connectivity index (χ0n) is 6.92. The fraction of sp³-hybridized carbons (Fsp3) is 0.111. The first-order valence-electron chi connectivity index (χ1n) is 3.91. The van der Waals surface area contributed by atoms with Crippen molar-refractivity contribution < 1.29 is 0 Å². The smallest absolute Gasteiger partial charge is 0.178 e. The number of imidazole rings is 1. The molecule has 0 unspecified atom stereocenters. The number of allylic oxidation sites excluding steroid dienone is 1. The van der Waals surface area contributed by atoms with Gasteiger partial charge in [0.25, 0.3) is 0 Å². The summed E-state index contributed by atoms with van der Waals surface area (Å²) in [4.78, 5) is 11.7. The van der Waals surface area contributed by atoms with E-state index >= 15 is 0 Å². The molecule has 0 aliphatic rings. The first-order chi connectivity index (χ1) is 6.31. The molecule has 2 heterocycles. The van der Waals surface area contributed by atoms with Crippen LogP contribution in [0.1, 0.15) is 5.82 Å². The molecule has 66 valence electrons. The number of hydrogen-bond acceptors (Lipinski definition) is 2. The first kappa shape index (κ1) is 8.68. The number of fused-ring (bicyclic) bond motifs is 1. The highest BCUT2D eigenvalue weighted by molar-refractivity contribution is 14.1. The number of rotatable bonds is 2. The monoisotopic (exact) mass is 285 g/mol. The second-order valence-corrected chi connectivity index (χ2v) is 3.83. The van der Waals surface area contributed by atoms with Crippen LogP contribution in [0.5, 0.6) is 0 Å². The number of nitrogens with one attached hydrogen (secondary N) is 1. The Morgan fingerprint density at radius 3 is 3.15 bits per heavy atom. The van der Waals surface area contributed by atoms with E-state index in [4.69, 9.17) is 0 Å². The predicted molar refractivity (Wildman–Crippen MR) is 60.5 cm³/mol. The minimum absolute atomic E-state index is 0.756. The van der Waals surface area contributed by atoms with Crippen molar-refractivity contribution in [1.29, 1.82) is 0 Å². The lowest BCUT2D eigenvalue weighted by molar-refractivity contribution is 1.07. The van der Waals surface area contributed by atoms with Gasteiger partial charge >= 0.3 is 0 Å². The van der Waals surface area contributed by atoms with Crippen molar-refractivity contribution in [2.45, 2.75) is 6.42 Å². The molecular weight excluding hydrogens is 277 g/mol. The third-order valence-electron chi connectivity index (χ3n) is 1.73. The molecule has 0 aromatic carbocycles. The van der Waals surface area contributed by atoms with Crippen molar-refractivity contribution >= 4 is 33.8 Å². The number of halogens is 1. The maximum Gasteiger partial charge on any atom is 0.178 e. The molecule has 0 bridgehead atoms. The maximum absolute atomic E-state index is 4.32. The second kappa shape index (κ2) is 3.45. The summed E-state index contributed by atoms with van der Waals surface area (Å²) < 4.78 is 1.14. The highest BCUT2D eigenvalue weighted by Gasteiger charge is 2.04. The van der Waals surface area contributed by atoms with E-state index in [1.807, 2.05) is 12.1 Å². The van der Waals surface area contributed by atoms with Crippen LogP contribution in [-0.4, -0.2) is 15.0 Å². The standard InChI is InChI=1S/C9H8IN3/c1-2-3-7-12-8-6(10)4-5-11-9(8)13-7/h2,4-5H,1,3H2,(H,11,12,13). The van der Waals surface area contributed by atoms with Gasteiger partial charge < -0.3 is 4.98 Å². The van der Waals surface area contributed by atoms with E-state index < -0.39 is 0 Å². The van der Waals surface area contributed by atoms with Crippen LogP contribution in [0, 0.1) is 3.57 Å². The molecule has 0 saturated heterocycles. The van der Waals surface area contributed by atoms with Gasteiger partial charge in [-0.25, -0.2) is 9.97 Å². The van der Waals surface area contributed by atoms with Gasteiger partial charge in [-0.3, -0.25) is 0 Å². The Labute approximate surface area is 89.4 Å². The van der Waals surface area contributed by atoms with E-state index in [1.165, 1.54) is 0 Å². The van der Waals surface area contributed by atoms with Crippen LogP contribution in [0.4, 0.5) is 0 Å². The van der Waals surface area contributed by atoms with Crippen LogP contribution < -0.4 is 0 Å². The minimum Gasteiger partial charge on any atom is -0.339 e. The molecule has 13 heavy (non-hydrogen) atoms. The van der Waals surface area contributed by atoms with Crippen LogP contribution in [0.3, 0.4) is 0 Å². The Balaban J connectivity index is 2.61. The molecule has 0 aliphatic carbocycles. The lowest BCUT2D eigenvalue weighted by Gasteiger charge is -1.88. The van der Waals surface area contributed by atoms with Gasteiger partial charge in [-0.2, -0.15) is 0 Å². The Hall–Kier alpha value is -0.910. The third-order valence-corrected chi connectivity index (χ3v) is 2.63. The van der Waals surface area contributed by atoms with E-state index in [1.54, 1.807) is 6.20 Å². The molecule has 0 radical (unpaired) electrons. The van der Waals surface area contributed by atoms with E-state index in [2.05, 4.69) is 44.1 Å². The summed E-state index contributed by atoms with van der Waals surface area (Å²) in [6, 6.07) is 1.96. The molecule has 0 saturated carbocycles. The normalized spacial score (nSPS) is 10.5. The Morgan fingerprint density at radius 2 is 2.46 bits per heavy atom. The topological polar surface area (TPSA) is 41.6 Å². The molecule has 3 nitrogen and oxygen atoms in total. The molecule has 2 aromatic heterocycles. The molecule has 2 rings (SSSR count). The highest BCUT2D eigenvalue weighted by Crippen LogP contribution is 2.15. The number of pyridine rings is 1. The highest BCUT2D eigenvalue weighted by atomic mass is 127. The predicted octanol–water partition coefficient (Wildman–Crippen LogP) is 2.29. The van der Waals surface area contributed by atoms with E-state index in [9.17, 15) is 0 Å². The number of aromatic amines is 1. The van der Waals surface area contributed by atoms with Gasteiger partial charge in [-0.15, -0.1) is 6.58 Å². The van der Waals surface area contributed by atoms with E-state index in [0.717, 1.165) is 27.0 Å². The number of nitrogens with zero attached hydrogens (tertiary/aromatic N) is 2. The summed E-state index contributed by atoms with van der Waals surface area (Å²) >= 11 is 2.26. The van der Waals surface area contributed by atoms with Crippen LogP contribution in [0.15, 0.2) is 24.9 Å². The lowest BCUT2D eigenvalue weighted by atomic mass is 10.4. The molecule has 4 heteroatoms. The van der Waals surface area contributed by atoms with Gasteiger partial charge in [0.15, 0.2) is 5.65 Å². The van der Waals surface area contributed by atoms with Gasteiger partial charge in [0, 0.05) is 16.2 Å². The average Bonchev–Trinajstić information content (AvgIpc) is 2.49. The van der Waals surface area contributed by atoms with Crippen LogP contribution in [0.2, 0.25) is 0 Å². The molecule has 2 aromatic rings. The van der Waals surface area contributed by atoms with Gasteiger partial charge in [-0.1, -0.05) is 6.08 Å². The molecule has 0 spiro atoms. The molecule has 0 aliphatic heterocycles. The van der Waals surface area contributed by atoms with Crippen LogP contribution in [-0.2, 0) is 6.42 Å². The van der Waals surface area contributed by atoms with Gasteiger partial charge in [0.2, 0.25) is 0 Å².